The van der Waals surface area contributed by atoms with Gasteiger partial charge in [-0.05, 0) is 52.7 Å². The van der Waals surface area contributed by atoms with E-state index in [1.54, 1.807) is 41.9 Å². The Bertz CT molecular complexity index is 956. The molecule has 0 spiro atoms. The summed E-state index contributed by atoms with van der Waals surface area (Å²) >= 11 is 3.41. The van der Waals surface area contributed by atoms with Crippen molar-refractivity contribution in [2.24, 2.45) is 0 Å². The van der Waals surface area contributed by atoms with E-state index in [0.29, 0.717) is 17.7 Å². The lowest BCUT2D eigenvalue weighted by atomic mass is 10.0. The van der Waals surface area contributed by atoms with E-state index < -0.39 is 5.91 Å². The van der Waals surface area contributed by atoms with Gasteiger partial charge in [-0.25, -0.2) is 5.48 Å². The molecule has 3 aromatic carbocycles. The minimum absolute atomic E-state index is 0.168. The molecule has 0 saturated heterocycles. The molecule has 0 saturated carbocycles. The van der Waals surface area contributed by atoms with Gasteiger partial charge in [0.1, 0.15) is 0 Å². The molecule has 0 radical (unpaired) electrons. The monoisotopic (exact) mass is 398 g/mol. The van der Waals surface area contributed by atoms with Gasteiger partial charge in [0.2, 0.25) is 0 Å². The summed E-state index contributed by atoms with van der Waals surface area (Å²) in [6.45, 7) is 0.436. The van der Waals surface area contributed by atoms with Gasteiger partial charge in [-0.15, -0.1) is 0 Å². The van der Waals surface area contributed by atoms with Crippen LogP contribution in [0.25, 0.3) is 10.8 Å². The smallest absolute Gasteiger partial charge is 0.274 e. The van der Waals surface area contributed by atoms with E-state index >= 15 is 0 Å². The molecular formula is C19H15BrN2O3. The van der Waals surface area contributed by atoms with Crippen molar-refractivity contribution in [2.75, 3.05) is 0 Å². The highest BCUT2D eigenvalue weighted by Gasteiger charge is 2.09. The van der Waals surface area contributed by atoms with Crippen LogP contribution in [0.5, 0.6) is 0 Å². The largest absolute Gasteiger partial charge is 0.348 e. The van der Waals surface area contributed by atoms with Gasteiger partial charge in [0, 0.05) is 22.1 Å². The maximum atomic E-state index is 12.3. The molecule has 0 aromatic heterocycles. The average molecular weight is 399 g/mol. The van der Waals surface area contributed by atoms with Crippen LogP contribution in [0.3, 0.4) is 0 Å². The van der Waals surface area contributed by atoms with Crippen molar-refractivity contribution in [1.82, 2.24) is 10.8 Å². The number of halogens is 1. The first-order valence-corrected chi connectivity index (χ1v) is 8.37. The summed E-state index contributed by atoms with van der Waals surface area (Å²) < 4.78 is 0.965. The Labute approximate surface area is 152 Å². The summed E-state index contributed by atoms with van der Waals surface area (Å²) in [5.74, 6) is -0.739. The van der Waals surface area contributed by atoms with E-state index in [9.17, 15) is 9.59 Å². The van der Waals surface area contributed by atoms with Gasteiger partial charge in [-0.3, -0.25) is 14.8 Å². The summed E-state index contributed by atoms with van der Waals surface area (Å²) in [4.78, 5) is 23.8. The molecule has 126 valence electrons. The molecule has 0 heterocycles. The fraction of sp³-hybridized carbons (Fsp3) is 0.0526. The molecule has 5 nitrogen and oxygen atoms in total. The number of benzene rings is 3. The zero-order chi connectivity index (χ0) is 17.8. The minimum Gasteiger partial charge on any atom is -0.348 e. The summed E-state index contributed by atoms with van der Waals surface area (Å²) in [6.07, 6.45) is 0. The molecule has 0 fully saturated rings. The zero-order valence-electron chi connectivity index (χ0n) is 13.1. The van der Waals surface area contributed by atoms with Crippen molar-refractivity contribution in [1.29, 1.82) is 0 Å². The second kappa shape index (κ2) is 7.46. The lowest BCUT2D eigenvalue weighted by Crippen LogP contribution is -2.22. The number of carbonyl (C=O) groups excluding carboxylic acids is 2. The molecule has 3 aromatic rings. The van der Waals surface area contributed by atoms with Crippen molar-refractivity contribution < 1.29 is 14.8 Å². The highest BCUT2D eigenvalue weighted by atomic mass is 79.9. The quantitative estimate of drug-likeness (QED) is 0.463. The first-order chi connectivity index (χ1) is 12.1. The fourth-order valence-corrected chi connectivity index (χ4v) is 2.97. The molecular weight excluding hydrogens is 384 g/mol. The number of hydroxylamine groups is 1. The predicted molar refractivity (Wildman–Crippen MR) is 98.5 cm³/mol. The number of hydrogen-bond donors (Lipinski definition) is 3. The Balaban J connectivity index is 1.76. The molecule has 0 aliphatic carbocycles. The van der Waals surface area contributed by atoms with E-state index in [4.69, 9.17) is 5.21 Å². The number of nitrogens with one attached hydrogen (secondary N) is 2. The van der Waals surface area contributed by atoms with Crippen molar-refractivity contribution in [3.63, 3.8) is 0 Å². The second-order valence-electron chi connectivity index (χ2n) is 5.53. The van der Waals surface area contributed by atoms with Gasteiger partial charge in [0.05, 0.1) is 0 Å². The van der Waals surface area contributed by atoms with Gasteiger partial charge in [0.25, 0.3) is 11.8 Å². The molecule has 3 rings (SSSR count). The second-order valence-corrected chi connectivity index (χ2v) is 6.45. The number of hydrogen-bond acceptors (Lipinski definition) is 3. The maximum Gasteiger partial charge on any atom is 0.274 e. The molecule has 2 amide bonds. The lowest BCUT2D eigenvalue weighted by Gasteiger charge is -2.08. The third-order valence-corrected chi connectivity index (χ3v) is 4.30. The predicted octanol–water partition coefficient (Wildman–Crippen LogP) is 3.65. The Morgan fingerprint density at radius 3 is 2.12 bits per heavy atom. The standard InChI is InChI=1S/C19H15BrN2O3/c20-17-3-1-2-12(8-17)11-21-18(23)15-6-4-14-10-16(19(24)22-25)7-5-13(14)9-15/h1-10,25H,11H2,(H,21,23)(H,22,24). The number of amides is 2. The van der Waals surface area contributed by atoms with E-state index in [0.717, 1.165) is 20.8 Å². The van der Waals surface area contributed by atoms with Gasteiger partial charge >= 0.3 is 0 Å². The number of rotatable bonds is 4. The molecule has 0 unspecified atom stereocenters. The Morgan fingerprint density at radius 1 is 0.880 bits per heavy atom. The summed E-state index contributed by atoms with van der Waals surface area (Å²) in [5, 5.41) is 13.2. The first kappa shape index (κ1) is 17.1. The van der Waals surface area contributed by atoms with Gasteiger partial charge < -0.3 is 5.32 Å². The van der Waals surface area contributed by atoms with Crippen molar-refractivity contribution in [3.05, 3.63) is 81.8 Å². The maximum absolute atomic E-state index is 12.3. The van der Waals surface area contributed by atoms with Crippen LogP contribution in [-0.2, 0) is 6.54 Å². The van der Waals surface area contributed by atoms with Crippen molar-refractivity contribution in [3.8, 4) is 0 Å². The Kier molecular flexibility index (Phi) is 5.11. The number of carbonyl (C=O) groups is 2. The van der Waals surface area contributed by atoms with Gasteiger partial charge in [-0.2, -0.15) is 0 Å². The van der Waals surface area contributed by atoms with Crippen LogP contribution < -0.4 is 10.8 Å². The van der Waals surface area contributed by atoms with E-state index in [1.165, 1.54) is 0 Å². The van der Waals surface area contributed by atoms with Crippen LogP contribution in [0.4, 0.5) is 0 Å². The number of fused-ring (bicyclic) bond motifs is 1. The van der Waals surface area contributed by atoms with Crippen LogP contribution in [0.1, 0.15) is 26.3 Å². The van der Waals surface area contributed by atoms with Crippen LogP contribution in [-0.4, -0.2) is 17.0 Å². The van der Waals surface area contributed by atoms with E-state index in [1.807, 2.05) is 24.3 Å². The fourth-order valence-electron chi connectivity index (χ4n) is 2.52. The molecule has 3 N–H and O–H groups in total. The first-order valence-electron chi connectivity index (χ1n) is 7.58. The van der Waals surface area contributed by atoms with E-state index in [2.05, 4.69) is 21.2 Å². The van der Waals surface area contributed by atoms with Gasteiger partial charge in [-0.1, -0.05) is 40.2 Å². The highest BCUT2D eigenvalue weighted by molar-refractivity contribution is 9.10. The van der Waals surface area contributed by atoms with Crippen LogP contribution in [0, 0.1) is 0 Å². The van der Waals surface area contributed by atoms with Crippen molar-refractivity contribution >= 4 is 38.5 Å². The summed E-state index contributed by atoms with van der Waals surface area (Å²) in [7, 11) is 0. The summed E-state index contributed by atoms with van der Waals surface area (Å²) in [5.41, 5.74) is 3.50. The molecule has 0 aliphatic rings. The normalized spacial score (nSPS) is 10.5. The van der Waals surface area contributed by atoms with Gasteiger partial charge in [0.15, 0.2) is 0 Å². The third-order valence-electron chi connectivity index (χ3n) is 3.81. The molecule has 6 heteroatoms. The third kappa shape index (κ3) is 4.04. The Morgan fingerprint density at radius 2 is 1.52 bits per heavy atom. The lowest BCUT2D eigenvalue weighted by molar-refractivity contribution is 0.0706. The topological polar surface area (TPSA) is 78.4 Å². The van der Waals surface area contributed by atoms with Crippen LogP contribution in [0.15, 0.2) is 65.1 Å². The zero-order valence-corrected chi connectivity index (χ0v) is 14.7. The van der Waals surface area contributed by atoms with Crippen molar-refractivity contribution in [2.45, 2.75) is 6.54 Å². The van der Waals surface area contributed by atoms with Crippen LogP contribution in [0.2, 0.25) is 0 Å². The summed E-state index contributed by atoms with van der Waals surface area (Å²) in [6, 6.07) is 18.0. The Hall–Kier alpha value is -2.70. The average Bonchev–Trinajstić information content (AvgIpc) is 2.64. The molecule has 25 heavy (non-hydrogen) atoms. The molecule has 0 bridgehead atoms. The van der Waals surface area contributed by atoms with E-state index in [-0.39, 0.29) is 5.91 Å². The van der Waals surface area contributed by atoms with Crippen LogP contribution >= 0.6 is 15.9 Å². The SMILES string of the molecule is O=C(NO)c1ccc2cc(C(=O)NCc3cccc(Br)c3)ccc2c1. The molecule has 0 aliphatic heterocycles. The minimum atomic E-state index is -0.572. The molecule has 0 atom stereocenters. The highest BCUT2D eigenvalue weighted by Crippen LogP contribution is 2.18.